The fourth-order valence-corrected chi connectivity index (χ4v) is 1.80. The molecule has 0 bridgehead atoms. The molecule has 0 N–H and O–H groups in total. The summed E-state index contributed by atoms with van der Waals surface area (Å²) in [5.41, 5.74) is 1.86. The summed E-state index contributed by atoms with van der Waals surface area (Å²) in [4.78, 5) is 8.77. The second-order valence-electron chi connectivity index (χ2n) is 3.82. The van der Waals surface area contributed by atoms with E-state index in [1.807, 2.05) is 54.9 Å². The number of rotatable bonds is 2. The van der Waals surface area contributed by atoms with E-state index in [1.54, 1.807) is 0 Å². The molecule has 1 heterocycles. The average molecular weight is 286 g/mol. The summed E-state index contributed by atoms with van der Waals surface area (Å²) in [7, 11) is 0. The van der Waals surface area contributed by atoms with Crippen LogP contribution in [0.15, 0.2) is 65.8 Å². The molecule has 0 spiro atoms. The summed E-state index contributed by atoms with van der Waals surface area (Å²) in [6.07, 6.45) is 3.69. The van der Waals surface area contributed by atoms with E-state index in [0.29, 0.717) is 0 Å². The van der Waals surface area contributed by atoms with Crippen LogP contribution >= 0.6 is 0 Å². The van der Waals surface area contributed by atoms with Gasteiger partial charge >= 0.3 is 21.0 Å². The second kappa shape index (κ2) is 6.83. The van der Waals surface area contributed by atoms with E-state index >= 15 is 0 Å². The van der Waals surface area contributed by atoms with Crippen LogP contribution < -0.4 is 4.98 Å². The normalized spacial score (nSPS) is 10.3. The number of aromatic nitrogens is 1. The first kappa shape index (κ1) is 13.5. The van der Waals surface area contributed by atoms with E-state index in [-0.39, 0.29) is 0 Å². The Morgan fingerprint density at radius 1 is 0.947 bits per heavy atom. The summed E-state index contributed by atoms with van der Waals surface area (Å²) in [5, 5.41) is 2.30. The van der Waals surface area contributed by atoms with Crippen LogP contribution in [-0.2, 0) is 21.0 Å². The Balaban J connectivity index is 0.000000637. The number of para-hydroxylation sites is 1. The van der Waals surface area contributed by atoms with Gasteiger partial charge in [-0.05, 0) is 22.9 Å². The molecule has 3 nitrogen and oxygen atoms in total. The van der Waals surface area contributed by atoms with E-state index in [2.05, 4.69) is 22.1 Å². The average Bonchev–Trinajstić information content (AvgIpc) is 2.92. The Hall–Kier alpha value is -1.97. The summed E-state index contributed by atoms with van der Waals surface area (Å²) >= 11 is 1.06. The van der Waals surface area contributed by atoms with Crippen molar-refractivity contribution in [2.75, 3.05) is 0 Å². The van der Waals surface area contributed by atoms with Crippen molar-refractivity contribution >= 4 is 22.7 Å². The van der Waals surface area contributed by atoms with Crippen molar-refractivity contribution in [3.05, 3.63) is 66.5 Å². The molecule has 0 aliphatic rings. The van der Waals surface area contributed by atoms with Gasteiger partial charge in [-0.25, -0.2) is 0 Å². The first-order valence-electron chi connectivity index (χ1n) is 5.71. The summed E-state index contributed by atoms with van der Waals surface area (Å²) < 4.78 is 8.19. The number of benzene rings is 2. The van der Waals surface area contributed by atoms with E-state index in [4.69, 9.17) is 3.67 Å². The molecule has 0 fully saturated rings. The van der Waals surface area contributed by atoms with Crippen molar-refractivity contribution in [3.8, 4) is 0 Å². The van der Waals surface area contributed by atoms with Crippen LogP contribution in [0.4, 0.5) is 5.69 Å². The molecule has 0 aliphatic carbocycles. The monoisotopic (exact) mass is 286 g/mol. The molecule has 1 aromatic heterocycles. The van der Waals surface area contributed by atoms with Gasteiger partial charge in [0.25, 0.3) is 0 Å². The van der Waals surface area contributed by atoms with Crippen molar-refractivity contribution in [2.24, 2.45) is 4.99 Å². The van der Waals surface area contributed by atoms with Crippen LogP contribution in [0.5, 0.6) is 0 Å². The van der Waals surface area contributed by atoms with E-state index in [1.165, 1.54) is 0 Å². The summed E-state index contributed by atoms with van der Waals surface area (Å²) in [6, 6.07) is 18.0. The van der Waals surface area contributed by atoms with Crippen LogP contribution in [0.1, 0.15) is 5.69 Å². The van der Waals surface area contributed by atoms with Crippen molar-refractivity contribution in [1.82, 2.24) is 4.98 Å². The van der Waals surface area contributed by atoms with Gasteiger partial charge in [0.1, 0.15) is 0 Å². The van der Waals surface area contributed by atoms with Crippen LogP contribution in [0, 0.1) is 0 Å². The summed E-state index contributed by atoms with van der Waals surface area (Å²) in [6.45, 7) is 0. The fourth-order valence-electron chi connectivity index (χ4n) is 1.80. The molecular weight excluding hydrogens is 275 g/mol. The van der Waals surface area contributed by atoms with Crippen molar-refractivity contribution in [1.29, 1.82) is 0 Å². The Bertz CT molecular complexity index is 677. The fraction of sp³-hybridized carbons (Fsp3) is 0. The molecule has 19 heavy (non-hydrogen) atoms. The molecule has 0 unspecified atom stereocenters. The predicted molar refractivity (Wildman–Crippen MR) is 71.7 cm³/mol. The molecule has 2 aromatic carbocycles. The Labute approximate surface area is 120 Å². The topological polar surface area (TPSA) is 43.5 Å². The molecule has 0 aliphatic heterocycles. The first-order chi connectivity index (χ1) is 9.43. The van der Waals surface area contributed by atoms with E-state index < -0.39 is 0 Å². The van der Waals surface area contributed by atoms with Gasteiger partial charge in [-0.1, -0.05) is 42.5 Å². The minimum atomic E-state index is 0.921. The molecule has 3 aromatic rings. The molecule has 0 saturated carbocycles. The SMILES string of the molecule is C(=Nc1ccccc1)c1[n-]cc2ccccc12.[O]=[V]. The van der Waals surface area contributed by atoms with Crippen molar-refractivity contribution in [3.63, 3.8) is 0 Å². The van der Waals surface area contributed by atoms with Gasteiger partial charge < -0.3 is 4.98 Å². The van der Waals surface area contributed by atoms with Gasteiger partial charge in [0.05, 0.1) is 5.69 Å². The van der Waals surface area contributed by atoms with Crippen LogP contribution in [0.25, 0.3) is 10.8 Å². The zero-order valence-corrected chi connectivity index (χ0v) is 11.5. The standard InChI is InChI=1S/C15H11N2.O.V/c1-2-7-13(8-3-1)16-11-15-14-9-5-4-6-12(14)10-17-15;;/h1-11H;;/q-1;;. The van der Waals surface area contributed by atoms with Crippen LogP contribution in [-0.4, -0.2) is 6.21 Å². The third kappa shape index (κ3) is 3.28. The number of nitrogens with zero attached hydrogens (tertiary/aromatic N) is 2. The van der Waals surface area contributed by atoms with Gasteiger partial charge in [0.2, 0.25) is 0 Å². The molecule has 0 atom stereocenters. The third-order valence-electron chi connectivity index (χ3n) is 2.67. The maximum absolute atomic E-state index is 8.19. The zero-order valence-electron chi connectivity index (χ0n) is 10.1. The third-order valence-corrected chi connectivity index (χ3v) is 2.67. The molecule has 93 valence electrons. The summed E-state index contributed by atoms with van der Waals surface area (Å²) in [5.74, 6) is 0. The quantitative estimate of drug-likeness (QED) is 0.677. The second-order valence-corrected chi connectivity index (χ2v) is 3.82. The van der Waals surface area contributed by atoms with Crippen LogP contribution in [0.2, 0.25) is 0 Å². The number of hydrogen-bond acceptors (Lipinski definition) is 2. The van der Waals surface area contributed by atoms with Crippen LogP contribution in [0.3, 0.4) is 0 Å². The Morgan fingerprint density at radius 3 is 2.42 bits per heavy atom. The minimum absolute atomic E-state index is 0.921. The van der Waals surface area contributed by atoms with Gasteiger partial charge in [0, 0.05) is 6.21 Å². The Kier molecular flexibility index (Phi) is 4.84. The molecule has 4 heteroatoms. The van der Waals surface area contributed by atoms with Gasteiger partial charge in [0.15, 0.2) is 0 Å². The number of hydrogen-bond donors (Lipinski definition) is 0. The van der Waals surface area contributed by atoms with Gasteiger partial charge in [-0.15, -0.1) is 5.69 Å². The first-order valence-corrected chi connectivity index (χ1v) is 6.28. The van der Waals surface area contributed by atoms with Crippen molar-refractivity contribution in [2.45, 2.75) is 0 Å². The number of fused-ring (bicyclic) bond motifs is 1. The molecule has 0 saturated heterocycles. The molecular formula is C15H11N2OV-. The van der Waals surface area contributed by atoms with Gasteiger partial charge in [-0.3, -0.25) is 4.99 Å². The molecule has 0 amide bonds. The van der Waals surface area contributed by atoms with E-state index in [9.17, 15) is 0 Å². The van der Waals surface area contributed by atoms with Gasteiger partial charge in [-0.2, -0.15) is 6.20 Å². The maximum atomic E-state index is 8.19. The molecule has 3 rings (SSSR count). The molecule has 0 radical (unpaired) electrons. The Morgan fingerprint density at radius 2 is 1.63 bits per heavy atom. The number of aliphatic imine (C=N–C) groups is 1. The van der Waals surface area contributed by atoms with Crippen molar-refractivity contribution < 1.29 is 21.0 Å². The predicted octanol–water partition coefficient (Wildman–Crippen LogP) is 3.43. The zero-order chi connectivity index (χ0) is 13.5. The van der Waals surface area contributed by atoms with E-state index in [0.717, 1.165) is 39.5 Å².